The third-order valence-corrected chi connectivity index (χ3v) is 3.56. The second-order valence-corrected chi connectivity index (χ2v) is 4.79. The van der Waals surface area contributed by atoms with E-state index < -0.39 is 5.92 Å². The van der Waals surface area contributed by atoms with Gasteiger partial charge in [-0.2, -0.15) is 16.6 Å². The van der Waals surface area contributed by atoms with E-state index in [4.69, 9.17) is 10.5 Å². The van der Waals surface area contributed by atoms with E-state index in [0.717, 1.165) is 5.56 Å². The molecule has 0 amide bonds. The lowest BCUT2D eigenvalue weighted by Crippen LogP contribution is -2.22. The van der Waals surface area contributed by atoms with Crippen LogP contribution in [0.15, 0.2) is 39.6 Å². The van der Waals surface area contributed by atoms with Crippen LogP contribution in [0.5, 0.6) is 0 Å². The Balaban J connectivity index is 2.63. The number of carbonyl (C=O) groups excluding carboxylic acids is 1. The second kappa shape index (κ2) is 4.67. The quantitative estimate of drug-likeness (QED) is 0.886. The number of nitrogens with zero attached hydrogens (tertiary/aromatic N) is 1. The van der Waals surface area contributed by atoms with Crippen LogP contribution in [-0.4, -0.2) is 5.78 Å². The van der Waals surface area contributed by atoms with Crippen molar-refractivity contribution in [3.63, 3.8) is 0 Å². The SMILES string of the molecule is CC(=O)C1=C(C)OC(N)=C(C#N)[C@@H]1c1ccsc1. The maximum atomic E-state index is 11.8. The number of ketones is 1. The van der Waals surface area contributed by atoms with Gasteiger partial charge in [-0.3, -0.25) is 4.79 Å². The first-order chi connectivity index (χ1) is 8.56. The fourth-order valence-corrected chi connectivity index (χ4v) is 2.79. The van der Waals surface area contributed by atoms with Crippen molar-refractivity contribution < 1.29 is 9.53 Å². The minimum Gasteiger partial charge on any atom is -0.445 e. The molecule has 92 valence electrons. The van der Waals surface area contributed by atoms with Gasteiger partial charge in [0.1, 0.15) is 17.4 Å². The number of ether oxygens (including phenoxy) is 1. The van der Waals surface area contributed by atoms with E-state index in [2.05, 4.69) is 0 Å². The minimum atomic E-state index is -0.410. The highest BCUT2D eigenvalue weighted by molar-refractivity contribution is 7.08. The van der Waals surface area contributed by atoms with Crippen LogP contribution in [0.4, 0.5) is 0 Å². The highest BCUT2D eigenvalue weighted by Gasteiger charge is 2.33. The summed E-state index contributed by atoms with van der Waals surface area (Å²) in [5.41, 5.74) is 7.42. The van der Waals surface area contributed by atoms with Crippen molar-refractivity contribution in [2.75, 3.05) is 0 Å². The van der Waals surface area contributed by atoms with Crippen LogP contribution in [0.3, 0.4) is 0 Å². The molecule has 5 heteroatoms. The van der Waals surface area contributed by atoms with Crippen molar-refractivity contribution in [1.29, 1.82) is 5.26 Å². The van der Waals surface area contributed by atoms with Crippen molar-refractivity contribution in [1.82, 2.24) is 0 Å². The fourth-order valence-electron chi connectivity index (χ4n) is 2.11. The van der Waals surface area contributed by atoms with E-state index in [1.54, 1.807) is 6.92 Å². The molecule has 4 nitrogen and oxygen atoms in total. The molecule has 0 radical (unpaired) electrons. The van der Waals surface area contributed by atoms with Gasteiger partial charge in [0, 0.05) is 5.57 Å². The van der Waals surface area contributed by atoms with Crippen LogP contribution < -0.4 is 5.73 Å². The standard InChI is InChI=1S/C13H12N2O2S/c1-7(16)11-8(2)17-13(15)10(5-14)12(11)9-3-4-18-6-9/h3-4,6,12H,15H2,1-2H3/t12-/m0/s1. The zero-order valence-electron chi connectivity index (χ0n) is 10.1. The zero-order valence-corrected chi connectivity index (χ0v) is 10.9. The first kappa shape index (κ1) is 12.4. The first-order valence-electron chi connectivity index (χ1n) is 5.37. The van der Waals surface area contributed by atoms with Gasteiger partial charge < -0.3 is 10.5 Å². The Morgan fingerprint density at radius 1 is 1.61 bits per heavy atom. The Labute approximate surface area is 109 Å². The van der Waals surface area contributed by atoms with Gasteiger partial charge in [-0.15, -0.1) is 0 Å². The molecule has 0 bridgehead atoms. The monoisotopic (exact) mass is 260 g/mol. The first-order valence-corrected chi connectivity index (χ1v) is 6.32. The zero-order chi connectivity index (χ0) is 13.3. The highest BCUT2D eigenvalue weighted by Crippen LogP contribution is 2.39. The summed E-state index contributed by atoms with van der Waals surface area (Å²) in [5.74, 6) is 0.0304. The van der Waals surface area contributed by atoms with Gasteiger partial charge in [-0.05, 0) is 36.2 Å². The van der Waals surface area contributed by atoms with Crippen LogP contribution in [0.2, 0.25) is 0 Å². The summed E-state index contributed by atoms with van der Waals surface area (Å²) in [7, 11) is 0. The molecule has 1 atom stereocenters. The Hall–Kier alpha value is -2.06. The maximum absolute atomic E-state index is 11.8. The molecule has 18 heavy (non-hydrogen) atoms. The Morgan fingerprint density at radius 3 is 2.83 bits per heavy atom. The van der Waals surface area contributed by atoms with E-state index in [-0.39, 0.29) is 11.7 Å². The number of thiophene rings is 1. The van der Waals surface area contributed by atoms with Crippen molar-refractivity contribution in [2.24, 2.45) is 5.73 Å². The normalized spacial score (nSPS) is 19.5. The molecule has 2 N–H and O–H groups in total. The van der Waals surface area contributed by atoms with Gasteiger partial charge in [-0.25, -0.2) is 0 Å². The number of allylic oxidation sites excluding steroid dienone is 3. The van der Waals surface area contributed by atoms with E-state index in [0.29, 0.717) is 16.9 Å². The average molecular weight is 260 g/mol. The molecule has 0 fully saturated rings. The summed E-state index contributed by atoms with van der Waals surface area (Å²) >= 11 is 1.51. The summed E-state index contributed by atoms with van der Waals surface area (Å²) in [6, 6.07) is 3.94. The van der Waals surface area contributed by atoms with E-state index in [1.165, 1.54) is 18.3 Å². The summed E-state index contributed by atoms with van der Waals surface area (Å²) in [6.07, 6.45) is 0. The average Bonchev–Trinajstić information content (AvgIpc) is 2.80. The van der Waals surface area contributed by atoms with Gasteiger partial charge in [0.25, 0.3) is 0 Å². The smallest absolute Gasteiger partial charge is 0.205 e. The maximum Gasteiger partial charge on any atom is 0.205 e. The van der Waals surface area contributed by atoms with Crippen LogP contribution in [0.1, 0.15) is 25.3 Å². The van der Waals surface area contributed by atoms with Crippen LogP contribution in [0.25, 0.3) is 0 Å². The summed E-state index contributed by atoms with van der Waals surface area (Å²) in [5, 5.41) is 13.0. The molecular weight excluding hydrogens is 248 g/mol. The summed E-state index contributed by atoms with van der Waals surface area (Å²) in [6.45, 7) is 3.16. The minimum absolute atomic E-state index is 0.0798. The third kappa shape index (κ3) is 1.91. The topological polar surface area (TPSA) is 76.1 Å². The summed E-state index contributed by atoms with van der Waals surface area (Å²) < 4.78 is 5.29. The number of Topliss-reactive ketones (excluding diaryl/α,β-unsaturated/α-hetero) is 1. The highest BCUT2D eigenvalue weighted by atomic mass is 32.1. The largest absolute Gasteiger partial charge is 0.445 e. The van der Waals surface area contributed by atoms with E-state index >= 15 is 0 Å². The molecule has 2 rings (SSSR count). The molecule has 0 spiro atoms. The number of rotatable bonds is 2. The lowest BCUT2D eigenvalue weighted by molar-refractivity contribution is -0.114. The van der Waals surface area contributed by atoms with Gasteiger partial charge in [0.15, 0.2) is 5.78 Å². The van der Waals surface area contributed by atoms with Gasteiger partial charge >= 0.3 is 0 Å². The number of nitrogens with two attached hydrogens (primary N) is 1. The van der Waals surface area contributed by atoms with E-state index in [9.17, 15) is 10.1 Å². The summed E-state index contributed by atoms with van der Waals surface area (Å²) in [4.78, 5) is 11.8. The van der Waals surface area contributed by atoms with Crippen molar-refractivity contribution in [2.45, 2.75) is 19.8 Å². The molecule has 1 aromatic rings. The number of nitriles is 1. The molecule has 0 unspecified atom stereocenters. The molecule has 2 heterocycles. The Kier molecular flexibility index (Phi) is 3.21. The molecule has 1 aliphatic rings. The van der Waals surface area contributed by atoms with Gasteiger partial charge in [0.05, 0.1) is 5.92 Å². The number of carbonyl (C=O) groups is 1. The molecule has 0 saturated carbocycles. The van der Waals surface area contributed by atoms with Crippen LogP contribution in [-0.2, 0) is 9.53 Å². The number of hydrogen-bond acceptors (Lipinski definition) is 5. The second-order valence-electron chi connectivity index (χ2n) is 4.01. The molecular formula is C13H12N2O2S. The van der Waals surface area contributed by atoms with Crippen LogP contribution >= 0.6 is 11.3 Å². The van der Waals surface area contributed by atoms with Gasteiger partial charge in [-0.1, -0.05) is 0 Å². The van der Waals surface area contributed by atoms with Crippen molar-refractivity contribution in [3.8, 4) is 6.07 Å². The lowest BCUT2D eigenvalue weighted by atomic mass is 9.83. The lowest BCUT2D eigenvalue weighted by Gasteiger charge is -2.25. The fraction of sp³-hybridized carbons (Fsp3) is 0.231. The molecule has 0 aliphatic carbocycles. The number of hydrogen-bond donors (Lipinski definition) is 1. The Morgan fingerprint density at radius 2 is 2.33 bits per heavy atom. The molecule has 0 aromatic carbocycles. The van der Waals surface area contributed by atoms with Crippen LogP contribution in [0, 0.1) is 11.3 Å². The predicted octanol–water partition coefficient (Wildman–Crippen LogP) is 2.42. The predicted molar refractivity (Wildman–Crippen MR) is 68.4 cm³/mol. The third-order valence-electron chi connectivity index (χ3n) is 2.86. The Bertz CT molecular complexity index is 591. The van der Waals surface area contributed by atoms with Crippen molar-refractivity contribution >= 4 is 17.1 Å². The van der Waals surface area contributed by atoms with Gasteiger partial charge in [0.2, 0.25) is 5.88 Å². The van der Waals surface area contributed by atoms with Crippen molar-refractivity contribution in [3.05, 3.63) is 45.2 Å². The molecule has 1 aliphatic heterocycles. The molecule has 1 aromatic heterocycles. The molecule has 0 saturated heterocycles. The van der Waals surface area contributed by atoms with E-state index in [1.807, 2.05) is 22.9 Å².